The summed E-state index contributed by atoms with van der Waals surface area (Å²) in [6.07, 6.45) is 5.81. The van der Waals surface area contributed by atoms with Gasteiger partial charge in [-0.25, -0.2) is 0 Å². The lowest BCUT2D eigenvalue weighted by Gasteiger charge is -2.35. The number of benzene rings is 4. The molecule has 1 atom stereocenters. The number of hydrogen-bond acceptors (Lipinski definition) is 4. The molecule has 3 aliphatic heterocycles. The zero-order valence-electron chi connectivity index (χ0n) is 29.6. The van der Waals surface area contributed by atoms with Crippen molar-refractivity contribution in [3.05, 3.63) is 142 Å². The molecule has 1 N–H and O–H groups in total. The molecule has 7 nitrogen and oxygen atoms in total. The third-order valence-corrected chi connectivity index (χ3v) is 11.2. The number of hydrogen-bond donors (Lipinski definition) is 1. The quantitative estimate of drug-likeness (QED) is 0.181. The number of aryl methyl sites for hydroxylation is 1. The van der Waals surface area contributed by atoms with Gasteiger partial charge in [0.1, 0.15) is 5.75 Å². The van der Waals surface area contributed by atoms with Crippen molar-refractivity contribution >= 4 is 17.5 Å². The van der Waals surface area contributed by atoms with Crippen LogP contribution in [0.2, 0.25) is 0 Å². The highest BCUT2D eigenvalue weighted by Crippen LogP contribution is 2.38. The van der Waals surface area contributed by atoms with Gasteiger partial charge in [0.2, 0.25) is 0 Å². The van der Waals surface area contributed by atoms with Gasteiger partial charge in [-0.15, -0.1) is 0 Å². The number of nitrogens with zero attached hydrogens (tertiary/aromatic N) is 4. The van der Waals surface area contributed by atoms with Crippen LogP contribution >= 0.6 is 0 Å². The molecule has 5 aromatic rings. The molecule has 8 rings (SSSR count). The van der Waals surface area contributed by atoms with Crippen LogP contribution in [-0.2, 0) is 45.4 Å². The molecule has 0 saturated carbocycles. The Morgan fingerprint density at radius 3 is 2.31 bits per heavy atom. The van der Waals surface area contributed by atoms with Crippen molar-refractivity contribution in [1.82, 2.24) is 14.4 Å². The molecule has 0 saturated heterocycles. The fourth-order valence-corrected chi connectivity index (χ4v) is 8.38. The Morgan fingerprint density at radius 2 is 1.53 bits per heavy atom. The Bertz CT molecular complexity index is 2080. The molecule has 0 unspecified atom stereocenters. The van der Waals surface area contributed by atoms with E-state index in [9.17, 15) is 14.7 Å². The first-order chi connectivity index (χ1) is 24.8. The van der Waals surface area contributed by atoms with Gasteiger partial charge in [0.05, 0.1) is 5.56 Å². The summed E-state index contributed by atoms with van der Waals surface area (Å²) in [5, 5.41) is 9.84. The topological polar surface area (TPSA) is 69.0 Å². The zero-order valence-corrected chi connectivity index (χ0v) is 29.6. The minimum atomic E-state index is -0.0857. The van der Waals surface area contributed by atoms with Crippen molar-refractivity contribution in [3.8, 4) is 17.0 Å². The van der Waals surface area contributed by atoms with Crippen LogP contribution in [0.15, 0.2) is 97.1 Å². The summed E-state index contributed by atoms with van der Waals surface area (Å²) < 4.78 is 2.31. The van der Waals surface area contributed by atoms with E-state index < -0.39 is 0 Å². The second-order valence-electron chi connectivity index (χ2n) is 14.6. The van der Waals surface area contributed by atoms with Crippen LogP contribution in [0.1, 0.15) is 80.4 Å². The van der Waals surface area contributed by atoms with Gasteiger partial charge in [-0.05, 0) is 122 Å². The van der Waals surface area contributed by atoms with E-state index in [2.05, 4.69) is 83.1 Å². The first kappa shape index (κ1) is 33.0. The number of phenolic OH excluding ortho intramolecular Hbond substituents is 1. The number of rotatable bonds is 8. The number of phenols is 1. The van der Waals surface area contributed by atoms with E-state index in [1.807, 2.05) is 11.0 Å². The predicted molar refractivity (Wildman–Crippen MR) is 202 cm³/mol. The van der Waals surface area contributed by atoms with E-state index in [0.29, 0.717) is 12.1 Å². The fourth-order valence-electron chi connectivity index (χ4n) is 8.38. The number of anilines is 1. The molecule has 7 heteroatoms. The average molecular weight is 679 g/mol. The minimum absolute atomic E-state index is 0.0535. The standard InChI is InChI=1S/C44H46N4O3/c1-30-23-32-14-6-7-15-33(32)29-48(30)44(51)39-25-35-28-46(21-10-13-31-11-4-3-5-12-31)27-34(35)24-38(39)42-26-40(41-16-8-9-22-47(41)42)43(50)45(2)36-17-19-37(49)20-18-36/h3-7,11-12,14-15,17-20,24-26,30,49H,8-10,13,16,21-23,27-29H2,1-2H3/t30-/m1/s1. The third kappa shape index (κ3) is 6.47. The molecule has 0 fully saturated rings. The third-order valence-electron chi connectivity index (χ3n) is 11.2. The highest BCUT2D eigenvalue weighted by molar-refractivity contribution is 6.08. The van der Waals surface area contributed by atoms with Crippen LogP contribution in [-0.4, -0.2) is 50.9 Å². The molecule has 2 amide bonds. The van der Waals surface area contributed by atoms with Gasteiger partial charge in [0.15, 0.2) is 0 Å². The molecule has 260 valence electrons. The van der Waals surface area contributed by atoms with E-state index in [-0.39, 0.29) is 23.6 Å². The molecule has 0 spiro atoms. The Balaban J connectivity index is 1.17. The predicted octanol–water partition coefficient (Wildman–Crippen LogP) is 8.01. The zero-order chi connectivity index (χ0) is 35.1. The van der Waals surface area contributed by atoms with Crippen molar-refractivity contribution in [1.29, 1.82) is 0 Å². The van der Waals surface area contributed by atoms with Crippen molar-refractivity contribution in [3.63, 3.8) is 0 Å². The Morgan fingerprint density at radius 1 is 0.804 bits per heavy atom. The maximum Gasteiger partial charge on any atom is 0.259 e. The SMILES string of the molecule is C[C@@H]1Cc2ccccc2CN1C(=O)c1cc2c(cc1-c1cc(C(=O)N(C)c3ccc(O)cc3)c3n1CCCC3)CN(CCCc1ccccc1)C2. The van der Waals surface area contributed by atoms with Gasteiger partial charge in [0.25, 0.3) is 11.8 Å². The molecule has 3 aliphatic rings. The lowest BCUT2D eigenvalue weighted by Crippen LogP contribution is -2.42. The largest absolute Gasteiger partial charge is 0.508 e. The number of aromatic nitrogens is 1. The Kier molecular flexibility index (Phi) is 8.99. The number of carbonyl (C=O) groups is 2. The Labute approximate surface area is 300 Å². The number of fused-ring (bicyclic) bond motifs is 3. The van der Waals surface area contributed by atoms with Gasteiger partial charge in [0, 0.05) is 67.5 Å². The minimum Gasteiger partial charge on any atom is -0.508 e. The smallest absolute Gasteiger partial charge is 0.259 e. The lowest BCUT2D eigenvalue weighted by atomic mass is 9.92. The van der Waals surface area contributed by atoms with Gasteiger partial charge in [-0.3, -0.25) is 14.5 Å². The summed E-state index contributed by atoms with van der Waals surface area (Å²) in [4.78, 5) is 35.2. The molecular weight excluding hydrogens is 633 g/mol. The van der Waals surface area contributed by atoms with Crippen molar-refractivity contribution in [2.24, 2.45) is 0 Å². The number of amides is 2. The maximum absolute atomic E-state index is 14.9. The molecule has 0 aliphatic carbocycles. The maximum atomic E-state index is 14.9. The molecular formula is C44H46N4O3. The van der Waals surface area contributed by atoms with Gasteiger partial charge < -0.3 is 19.5 Å². The van der Waals surface area contributed by atoms with Gasteiger partial charge in [-0.1, -0.05) is 54.6 Å². The molecule has 4 aromatic carbocycles. The summed E-state index contributed by atoms with van der Waals surface area (Å²) in [6, 6.07) is 32.4. The summed E-state index contributed by atoms with van der Waals surface area (Å²) in [5.41, 5.74) is 11.4. The molecule has 0 radical (unpaired) electrons. The second-order valence-corrected chi connectivity index (χ2v) is 14.6. The van der Waals surface area contributed by atoms with Gasteiger partial charge >= 0.3 is 0 Å². The molecule has 51 heavy (non-hydrogen) atoms. The lowest BCUT2D eigenvalue weighted by molar-refractivity contribution is 0.0658. The van der Waals surface area contributed by atoms with Crippen LogP contribution in [0, 0.1) is 0 Å². The Hall–Kier alpha value is -5.14. The van der Waals surface area contributed by atoms with E-state index in [0.717, 1.165) is 92.9 Å². The molecule has 1 aromatic heterocycles. The second kappa shape index (κ2) is 13.9. The van der Waals surface area contributed by atoms with Crippen LogP contribution in [0.4, 0.5) is 5.69 Å². The fraction of sp³-hybridized carbons (Fsp3) is 0.318. The normalized spacial score (nSPS) is 16.7. The monoisotopic (exact) mass is 678 g/mol. The van der Waals surface area contributed by atoms with Crippen molar-refractivity contribution < 1.29 is 14.7 Å². The summed E-state index contributed by atoms with van der Waals surface area (Å²) >= 11 is 0. The van der Waals surface area contributed by atoms with Crippen LogP contribution in [0.5, 0.6) is 5.75 Å². The van der Waals surface area contributed by atoms with Crippen LogP contribution < -0.4 is 4.90 Å². The van der Waals surface area contributed by atoms with E-state index >= 15 is 0 Å². The molecule has 0 bridgehead atoms. The highest BCUT2D eigenvalue weighted by atomic mass is 16.3. The summed E-state index contributed by atoms with van der Waals surface area (Å²) in [5.74, 6) is 0.133. The van der Waals surface area contributed by atoms with Crippen molar-refractivity contribution in [2.45, 2.75) is 77.7 Å². The van der Waals surface area contributed by atoms with Gasteiger partial charge in [-0.2, -0.15) is 0 Å². The van der Waals surface area contributed by atoms with E-state index in [4.69, 9.17) is 0 Å². The van der Waals surface area contributed by atoms with E-state index in [1.54, 1.807) is 36.2 Å². The summed E-state index contributed by atoms with van der Waals surface area (Å²) in [6.45, 7) is 6.23. The van der Waals surface area contributed by atoms with Crippen molar-refractivity contribution in [2.75, 3.05) is 18.5 Å². The average Bonchev–Trinajstić information content (AvgIpc) is 3.75. The number of aromatic hydroxyl groups is 1. The van der Waals surface area contributed by atoms with Crippen LogP contribution in [0.3, 0.4) is 0 Å². The summed E-state index contributed by atoms with van der Waals surface area (Å²) in [7, 11) is 1.79. The van der Waals surface area contributed by atoms with E-state index in [1.165, 1.54) is 27.8 Å². The first-order valence-corrected chi connectivity index (χ1v) is 18.4. The number of carbonyl (C=O) groups excluding carboxylic acids is 2. The highest BCUT2D eigenvalue weighted by Gasteiger charge is 2.33. The van der Waals surface area contributed by atoms with Crippen LogP contribution in [0.25, 0.3) is 11.3 Å². The first-order valence-electron chi connectivity index (χ1n) is 18.4. The molecule has 4 heterocycles.